The zero-order valence-electron chi connectivity index (χ0n) is 16.9. The fraction of sp³-hybridized carbons (Fsp3) is 0.391. The van der Waals surface area contributed by atoms with E-state index < -0.39 is 5.54 Å². The first-order valence-electron chi connectivity index (χ1n) is 9.78. The molecule has 1 amide bonds. The number of nitrogens with two attached hydrogens (primary N) is 1. The van der Waals surface area contributed by atoms with Gasteiger partial charge in [-0.05, 0) is 43.4 Å². The average molecular weight is 396 g/mol. The molecule has 3 rings (SSSR count). The first kappa shape index (κ1) is 20.9. The van der Waals surface area contributed by atoms with E-state index in [-0.39, 0.29) is 17.3 Å². The smallest absolute Gasteiger partial charge is 0.325 e. The molecule has 0 aromatic heterocycles. The highest BCUT2D eigenvalue weighted by molar-refractivity contribution is 5.97. The summed E-state index contributed by atoms with van der Waals surface area (Å²) in [4.78, 5) is 25.0. The topological polar surface area (TPSA) is 90.6 Å². The number of rotatable bonds is 6. The summed E-state index contributed by atoms with van der Waals surface area (Å²) in [6.07, 6.45) is 2.35. The standard InChI is InChI=1S/C23H28N2O4/c1-28-19-11-7-6-10-18(19)20(26)25-16-22(17-8-4-3-5-9-17)12-14-23(24,15-13-22)21(27)29-2/h3-11H,12-16,24H2,1-2H3,(H,25,26). The summed E-state index contributed by atoms with van der Waals surface area (Å²) in [5.41, 5.74) is 6.68. The predicted octanol–water partition coefficient (Wildman–Crippen LogP) is 2.81. The van der Waals surface area contributed by atoms with Crippen LogP contribution < -0.4 is 15.8 Å². The third kappa shape index (κ3) is 4.27. The van der Waals surface area contributed by atoms with E-state index in [1.807, 2.05) is 30.3 Å². The van der Waals surface area contributed by atoms with E-state index in [0.717, 1.165) is 5.56 Å². The molecule has 1 saturated carbocycles. The molecule has 1 fully saturated rings. The summed E-state index contributed by atoms with van der Waals surface area (Å²) in [5.74, 6) is -0.0263. The molecule has 0 heterocycles. The number of carbonyl (C=O) groups excluding carboxylic acids is 2. The van der Waals surface area contributed by atoms with Crippen LogP contribution in [0.1, 0.15) is 41.6 Å². The van der Waals surface area contributed by atoms with Gasteiger partial charge in [-0.2, -0.15) is 0 Å². The number of nitrogens with one attached hydrogen (secondary N) is 1. The molecule has 29 heavy (non-hydrogen) atoms. The summed E-state index contributed by atoms with van der Waals surface area (Å²) >= 11 is 0. The van der Waals surface area contributed by atoms with Gasteiger partial charge in [-0.15, -0.1) is 0 Å². The Morgan fingerprint density at radius 2 is 1.59 bits per heavy atom. The van der Waals surface area contributed by atoms with Crippen LogP contribution in [0.3, 0.4) is 0 Å². The molecule has 0 radical (unpaired) electrons. The highest BCUT2D eigenvalue weighted by Crippen LogP contribution is 2.42. The molecule has 2 aromatic rings. The van der Waals surface area contributed by atoms with Crippen LogP contribution in [0.4, 0.5) is 0 Å². The molecule has 6 heteroatoms. The molecule has 0 saturated heterocycles. The summed E-state index contributed by atoms with van der Waals surface area (Å²) in [5, 5.41) is 3.08. The molecule has 2 aromatic carbocycles. The minimum atomic E-state index is -0.973. The second-order valence-electron chi connectivity index (χ2n) is 7.68. The van der Waals surface area contributed by atoms with Crippen molar-refractivity contribution in [1.82, 2.24) is 5.32 Å². The van der Waals surface area contributed by atoms with E-state index in [4.69, 9.17) is 15.2 Å². The van der Waals surface area contributed by atoms with Gasteiger partial charge in [0.2, 0.25) is 0 Å². The highest BCUT2D eigenvalue weighted by atomic mass is 16.5. The molecule has 0 unspecified atom stereocenters. The Morgan fingerprint density at radius 3 is 2.21 bits per heavy atom. The lowest BCUT2D eigenvalue weighted by atomic mass is 9.64. The largest absolute Gasteiger partial charge is 0.496 e. The summed E-state index contributed by atoms with van der Waals surface area (Å²) in [7, 11) is 2.91. The van der Waals surface area contributed by atoms with Gasteiger partial charge in [0, 0.05) is 12.0 Å². The van der Waals surface area contributed by atoms with Gasteiger partial charge in [0.05, 0.1) is 19.8 Å². The van der Waals surface area contributed by atoms with E-state index in [1.165, 1.54) is 7.11 Å². The molecule has 0 bridgehead atoms. The van der Waals surface area contributed by atoms with Gasteiger partial charge in [0.15, 0.2) is 0 Å². The van der Waals surface area contributed by atoms with E-state index in [1.54, 1.807) is 19.2 Å². The van der Waals surface area contributed by atoms with Crippen LogP contribution in [-0.2, 0) is 14.9 Å². The van der Waals surface area contributed by atoms with Gasteiger partial charge in [-0.3, -0.25) is 9.59 Å². The number of para-hydroxylation sites is 1. The lowest BCUT2D eigenvalue weighted by Gasteiger charge is -2.44. The molecule has 154 valence electrons. The Balaban J connectivity index is 1.81. The predicted molar refractivity (Wildman–Crippen MR) is 111 cm³/mol. The van der Waals surface area contributed by atoms with Gasteiger partial charge in [0.25, 0.3) is 5.91 Å². The zero-order valence-corrected chi connectivity index (χ0v) is 16.9. The Morgan fingerprint density at radius 1 is 0.966 bits per heavy atom. The SMILES string of the molecule is COC(=O)C1(N)CCC(CNC(=O)c2ccccc2OC)(c2ccccc2)CC1. The van der Waals surface area contributed by atoms with Crippen LogP contribution in [0.25, 0.3) is 0 Å². The third-order valence-electron chi connectivity index (χ3n) is 6.02. The maximum Gasteiger partial charge on any atom is 0.325 e. The normalized spacial score (nSPS) is 23.8. The second kappa shape index (κ2) is 8.66. The van der Waals surface area contributed by atoms with Crippen LogP contribution in [0.5, 0.6) is 5.75 Å². The van der Waals surface area contributed by atoms with Gasteiger partial charge in [-0.25, -0.2) is 0 Å². The molecule has 0 spiro atoms. The molecule has 0 aliphatic heterocycles. The van der Waals surface area contributed by atoms with E-state index in [2.05, 4.69) is 17.4 Å². The van der Waals surface area contributed by atoms with Gasteiger partial charge >= 0.3 is 5.97 Å². The summed E-state index contributed by atoms with van der Waals surface area (Å²) in [6, 6.07) is 17.2. The first-order chi connectivity index (χ1) is 13.9. The lowest BCUT2D eigenvalue weighted by molar-refractivity contribution is -0.148. The highest BCUT2D eigenvalue weighted by Gasteiger charge is 2.46. The second-order valence-corrected chi connectivity index (χ2v) is 7.68. The van der Waals surface area contributed by atoms with Gasteiger partial charge in [-0.1, -0.05) is 42.5 Å². The summed E-state index contributed by atoms with van der Waals surface area (Å²) < 4.78 is 10.2. The molecule has 3 N–H and O–H groups in total. The molecule has 1 aliphatic carbocycles. The van der Waals surface area contributed by atoms with Gasteiger partial charge in [0.1, 0.15) is 11.3 Å². The average Bonchev–Trinajstić information content (AvgIpc) is 2.78. The van der Waals surface area contributed by atoms with Crippen LogP contribution in [0.2, 0.25) is 0 Å². The molecule has 1 aliphatic rings. The van der Waals surface area contributed by atoms with Crippen molar-refractivity contribution in [3.63, 3.8) is 0 Å². The van der Waals surface area contributed by atoms with E-state index in [9.17, 15) is 9.59 Å². The van der Waals surface area contributed by atoms with Crippen molar-refractivity contribution in [3.05, 3.63) is 65.7 Å². The third-order valence-corrected chi connectivity index (χ3v) is 6.02. The Labute approximate surface area is 171 Å². The van der Waals surface area contributed by atoms with Crippen molar-refractivity contribution in [1.29, 1.82) is 0 Å². The minimum absolute atomic E-state index is 0.185. The Kier molecular flexibility index (Phi) is 6.23. The van der Waals surface area contributed by atoms with Crippen LogP contribution in [-0.4, -0.2) is 38.2 Å². The van der Waals surface area contributed by atoms with Crippen LogP contribution in [0.15, 0.2) is 54.6 Å². The van der Waals surface area contributed by atoms with Crippen molar-refractivity contribution in [3.8, 4) is 5.75 Å². The Hall–Kier alpha value is -2.86. The number of esters is 1. The maximum atomic E-state index is 12.8. The molecule has 0 atom stereocenters. The van der Waals surface area contributed by atoms with Gasteiger partial charge < -0.3 is 20.5 Å². The van der Waals surface area contributed by atoms with Crippen molar-refractivity contribution in [2.75, 3.05) is 20.8 Å². The monoisotopic (exact) mass is 396 g/mol. The number of methoxy groups -OCH3 is 2. The zero-order chi connectivity index (χ0) is 20.9. The van der Waals surface area contributed by atoms with Crippen molar-refractivity contribution in [2.24, 2.45) is 5.73 Å². The number of benzene rings is 2. The van der Waals surface area contributed by atoms with Crippen molar-refractivity contribution in [2.45, 2.75) is 36.6 Å². The fourth-order valence-corrected chi connectivity index (χ4v) is 4.12. The number of carbonyl (C=O) groups is 2. The van der Waals surface area contributed by atoms with Crippen LogP contribution in [0, 0.1) is 0 Å². The quantitative estimate of drug-likeness (QED) is 0.733. The summed E-state index contributed by atoms with van der Waals surface area (Å²) in [6.45, 7) is 0.450. The lowest BCUT2D eigenvalue weighted by Crippen LogP contribution is -2.55. The van der Waals surface area contributed by atoms with E-state index >= 15 is 0 Å². The first-order valence-corrected chi connectivity index (χ1v) is 9.78. The number of hydrogen-bond acceptors (Lipinski definition) is 5. The number of hydrogen-bond donors (Lipinski definition) is 2. The fourth-order valence-electron chi connectivity index (χ4n) is 4.12. The van der Waals surface area contributed by atoms with Crippen LogP contribution >= 0.6 is 0 Å². The number of amides is 1. The van der Waals surface area contributed by atoms with Crippen molar-refractivity contribution >= 4 is 11.9 Å². The maximum absolute atomic E-state index is 12.8. The minimum Gasteiger partial charge on any atom is -0.496 e. The molecular formula is C23H28N2O4. The molecular weight excluding hydrogens is 368 g/mol. The van der Waals surface area contributed by atoms with Crippen molar-refractivity contribution < 1.29 is 19.1 Å². The van der Waals surface area contributed by atoms with E-state index in [0.29, 0.717) is 43.5 Å². The number of ether oxygens (including phenoxy) is 2. The Bertz CT molecular complexity index is 858. The molecule has 6 nitrogen and oxygen atoms in total.